The number of benzene rings is 2. The Kier molecular flexibility index (Phi) is 4.14. The van der Waals surface area contributed by atoms with E-state index in [2.05, 4.69) is 0 Å². The number of ketones is 1. The van der Waals surface area contributed by atoms with Gasteiger partial charge in [-0.15, -0.1) is 11.0 Å². The maximum Gasteiger partial charge on any atom is 0.185 e. The van der Waals surface area contributed by atoms with Gasteiger partial charge in [0.05, 0.1) is 5.69 Å². The van der Waals surface area contributed by atoms with Gasteiger partial charge in [0.25, 0.3) is 0 Å². The minimum Gasteiger partial charge on any atom is -0.872 e. The van der Waals surface area contributed by atoms with E-state index in [1.807, 2.05) is 0 Å². The number of allylic oxidation sites excluding steroid dienone is 1. The molecule has 0 heterocycles. The van der Waals surface area contributed by atoms with E-state index in [-0.39, 0.29) is 22.4 Å². The van der Waals surface area contributed by atoms with Crippen LogP contribution >= 0.6 is 0 Å². The highest BCUT2D eigenvalue weighted by Crippen LogP contribution is 2.15. The summed E-state index contributed by atoms with van der Waals surface area (Å²) in [6.07, 6.45) is 2.92. The van der Waals surface area contributed by atoms with Crippen molar-refractivity contribution in [2.24, 2.45) is 0 Å². The van der Waals surface area contributed by atoms with Gasteiger partial charge in [0.1, 0.15) is 0 Å². The Hall–Kier alpha value is -2.63. The zero-order chi connectivity index (χ0) is 14.5. The molecule has 0 aliphatic heterocycles. The Morgan fingerprint density at radius 2 is 1.80 bits per heavy atom. The lowest BCUT2D eigenvalue weighted by atomic mass is 10.1. The van der Waals surface area contributed by atoms with Crippen LogP contribution in [0.1, 0.15) is 15.9 Å². The van der Waals surface area contributed by atoms with Crippen LogP contribution in [0.4, 0.5) is 5.69 Å². The third-order valence-corrected chi connectivity index (χ3v) is 2.67. The van der Waals surface area contributed by atoms with Crippen LogP contribution in [0.25, 0.3) is 6.08 Å². The van der Waals surface area contributed by atoms with E-state index in [4.69, 9.17) is 10.4 Å². The van der Waals surface area contributed by atoms with Crippen LogP contribution in [0, 0.1) is 0 Å². The second-order valence-electron chi connectivity index (χ2n) is 4.11. The molecule has 0 unspecified atom stereocenters. The van der Waals surface area contributed by atoms with E-state index in [9.17, 15) is 9.90 Å². The first-order valence-electron chi connectivity index (χ1n) is 5.84. The molecule has 0 fully saturated rings. The van der Waals surface area contributed by atoms with Gasteiger partial charge >= 0.3 is 0 Å². The molecule has 102 valence electrons. The molecule has 0 atom stereocenters. The minimum absolute atomic E-state index is 0.00609. The summed E-state index contributed by atoms with van der Waals surface area (Å²) in [5.41, 5.74) is 1.25. The topological polar surface area (TPSA) is 83.8 Å². The van der Waals surface area contributed by atoms with E-state index < -0.39 is 0 Å². The van der Waals surface area contributed by atoms with E-state index in [1.165, 1.54) is 42.5 Å². The van der Waals surface area contributed by atoms with Crippen molar-refractivity contribution in [2.45, 2.75) is 0 Å². The van der Waals surface area contributed by atoms with Crippen molar-refractivity contribution in [1.82, 2.24) is 0 Å². The zero-order valence-electron chi connectivity index (χ0n) is 10.4. The smallest absolute Gasteiger partial charge is 0.185 e. The molecule has 5 nitrogen and oxygen atoms in total. The van der Waals surface area contributed by atoms with Crippen LogP contribution < -0.4 is 10.3 Å². The second-order valence-corrected chi connectivity index (χ2v) is 4.11. The maximum atomic E-state index is 11.9. The fourth-order valence-corrected chi connectivity index (χ4v) is 1.64. The number of carbonyl (C=O) groups is 1. The Morgan fingerprint density at radius 1 is 1.10 bits per heavy atom. The molecule has 0 amide bonds. The second kappa shape index (κ2) is 6.01. The zero-order valence-corrected chi connectivity index (χ0v) is 10.4. The van der Waals surface area contributed by atoms with Crippen molar-refractivity contribution in [1.29, 1.82) is 0 Å². The number of rotatable bonds is 4. The molecule has 0 bridgehead atoms. The first-order chi connectivity index (χ1) is 9.56. The van der Waals surface area contributed by atoms with Gasteiger partial charge in [-0.1, -0.05) is 42.5 Å². The predicted molar refractivity (Wildman–Crippen MR) is 71.7 cm³/mol. The average molecular weight is 270 g/mol. The summed E-state index contributed by atoms with van der Waals surface area (Å²) in [4.78, 5) is 11.9. The van der Waals surface area contributed by atoms with Crippen molar-refractivity contribution in [3.05, 3.63) is 65.7 Å². The molecule has 0 radical (unpaired) electrons. The van der Waals surface area contributed by atoms with E-state index in [0.29, 0.717) is 11.1 Å². The highest BCUT2D eigenvalue weighted by atomic mass is 16.8. The van der Waals surface area contributed by atoms with Crippen molar-refractivity contribution in [2.75, 3.05) is 5.23 Å². The lowest BCUT2D eigenvalue weighted by Crippen LogP contribution is -2.10. The summed E-state index contributed by atoms with van der Waals surface area (Å²) in [7, 11) is 0. The first-order valence-corrected chi connectivity index (χ1v) is 5.84. The summed E-state index contributed by atoms with van der Waals surface area (Å²) in [5.74, 6) is -0.385. The molecule has 0 aliphatic carbocycles. The Bertz CT molecular complexity index is 633. The molecule has 0 saturated heterocycles. The molecule has 2 rings (SSSR count). The van der Waals surface area contributed by atoms with Crippen LogP contribution in [0.3, 0.4) is 0 Å². The minimum atomic E-state index is -0.236. The molecule has 2 aromatic rings. The molecule has 0 aliphatic rings. The predicted octanol–water partition coefficient (Wildman–Crippen LogP) is 2.24. The van der Waals surface area contributed by atoms with Gasteiger partial charge in [-0.25, -0.2) is 0 Å². The number of anilines is 1. The Balaban J connectivity index is 2.14. The van der Waals surface area contributed by atoms with Gasteiger partial charge in [0.2, 0.25) is 0 Å². The molecule has 0 aromatic heterocycles. The average Bonchev–Trinajstić information content (AvgIpc) is 2.46. The summed E-state index contributed by atoms with van der Waals surface area (Å²) >= 11 is 0. The standard InChI is InChI=1S/C15H13NO4/c17-14-7-5-12(6-8-14)15(18)9-4-11-2-1-3-13(10-11)16(19)20/h1-10,17,19-20H/p-1. The van der Waals surface area contributed by atoms with Crippen molar-refractivity contribution >= 4 is 17.5 Å². The highest BCUT2D eigenvalue weighted by Gasteiger charge is 2.01. The summed E-state index contributed by atoms with van der Waals surface area (Å²) < 4.78 is 0. The molecular weight excluding hydrogens is 258 g/mol. The van der Waals surface area contributed by atoms with Gasteiger partial charge in [-0.05, 0) is 23.8 Å². The molecule has 2 N–H and O–H groups in total. The monoisotopic (exact) mass is 270 g/mol. The van der Waals surface area contributed by atoms with E-state index in [0.717, 1.165) is 0 Å². The van der Waals surface area contributed by atoms with Crippen LogP contribution in [-0.2, 0) is 0 Å². The Morgan fingerprint density at radius 3 is 2.45 bits per heavy atom. The number of nitrogens with zero attached hydrogens (tertiary/aromatic N) is 1. The van der Waals surface area contributed by atoms with Gasteiger partial charge in [-0.2, -0.15) is 0 Å². The van der Waals surface area contributed by atoms with Crippen LogP contribution in [0.2, 0.25) is 0 Å². The van der Waals surface area contributed by atoms with Crippen LogP contribution in [-0.4, -0.2) is 16.2 Å². The Labute approximate surface area is 115 Å². The highest BCUT2D eigenvalue weighted by molar-refractivity contribution is 6.06. The first kappa shape index (κ1) is 13.8. The maximum absolute atomic E-state index is 11.9. The molecule has 0 spiro atoms. The number of hydrogen-bond acceptors (Lipinski definition) is 5. The third-order valence-electron chi connectivity index (χ3n) is 2.67. The summed E-state index contributed by atoms with van der Waals surface area (Å²) in [6, 6.07) is 12.0. The lowest BCUT2D eigenvalue weighted by molar-refractivity contribution is -0.268. The molecule has 0 saturated carbocycles. The molecule has 2 aromatic carbocycles. The third kappa shape index (κ3) is 3.44. The number of carbonyl (C=O) groups excluding carboxylic acids is 1. The normalized spacial score (nSPS) is 10.7. The van der Waals surface area contributed by atoms with Gasteiger partial charge in [-0.3, -0.25) is 15.2 Å². The quantitative estimate of drug-likeness (QED) is 0.505. The fraction of sp³-hybridized carbons (Fsp3) is 0. The van der Waals surface area contributed by atoms with Gasteiger partial charge < -0.3 is 5.11 Å². The molecule has 5 heteroatoms. The fourth-order valence-electron chi connectivity index (χ4n) is 1.64. The van der Waals surface area contributed by atoms with Gasteiger partial charge in [0, 0.05) is 5.56 Å². The lowest BCUT2D eigenvalue weighted by Gasteiger charge is -2.07. The van der Waals surface area contributed by atoms with Crippen molar-refractivity contribution < 1.29 is 20.3 Å². The van der Waals surface area contributed by atoms with Crippen molar-refractivity contribution in [3.8, 4) is 5.75 Å². The number of hydrogen-bond donors (Lipinski definition) is 2. The van der Waals surface area contributed by atoms with Crippen LogP contribution in [0.15, 0.2) is 54.6 Å². The van der Waals surface area contributed by atoms with E-state index in [1.54, 1.807) is 18.2 Å². The largest absolute Gasteiger partial charge is 0.872 e. The van der Waals surface area contributed by atoms with Crippen molar-refractivity contribution in [3.63, 3.8) is 0 Å². The summed E-state index contributed by atoms with van der Waals surface area (Å²) in [5, 5.41) is 28.7. The van der Waals surface area contributed by atoms with Crippen LogP contribution in [0.5, 0.6) is 5.75 Å². The summed E-state index contributed by atoms with van der Waals surface area (Å²) in [6.45, 7) is 0. The van der Waals surface area contributed by atoms with Gasteiger partial charge in [0.15, 0.2) is 5.78 Å². The SMILES string of the molecule is O=C(C=Cc1cccc(N(O)O)c1)c1ccc([O-])cc1. The van der Waals surface area contributed by atoms with E-state index >= 15 is 0 Å². The molecule has 20 heavy (non-hydrogen) atoms. The molecular formula is C15H12NO4-.